The molecule has 1 radical (unpaired) electrons. The van der Waals surface area contributed by atoms with Crippen molar-refractivity contribution in [1.82, 2.24) is 0 Å². The molecule has 0 saturated heterocycles. The largest absolute Gasteiger partial charge is 0.390 e. The highest BCUT2D eigenvalue weighted by molar-refractivity contribution is 7.85. The van der Waals surface area contributed by atoms with Crippen LogP contribution >= 0.6 is 0 Å². The molecule has 0 spiro atoms. The SMILES string of the molecule is [CH2]C(O)(CC)CCS(=O)(=O)O. The summed E-state index contributed by atoms with van der Waals surface area (Å²) in [6.07, 6.45) is 0.324. The lowest BCUT2D eigenvalue weighted by Gasteiger charge is -2.19. The minimum atomic E-state index is -3.97. The lowest BCUT2D eigenvalue weighted by atomic mass is 10.0. The van der Waals surface area contributed by atoms with E-state index in [1.807, 2.05) is 0 Å². The molecule has 4 nitrogen and oxygen atoms in total. The van der Waals surface area contributed by atoms with Crippen LogP contribution in [0.25, 0.3) is 0 Å². The van der Waals surface area contributed by atoms with E-state index in [0.29, 0.717) is 6.42 Å². The van der Waals surface area contributed by atoms with Crippen LogP contribution < -0.4 is 0 Å². The Morgan fingerprint density at radius 2 is 2.00 bits per heavy atom. The minimum absolute atomic E-state index is 0.0394. The maximum Gasteiger partial charge on any atom is 0.264 e. The molecule has 0 rings (SSSR count). The third-order valence-electron chi connectivity index (χ3n) is 1.48. The van der Waals surface area contributed by atoms with Gasteiger partial charge >= 0.3 is 0 Å². The molecule has 0 fully saturated rings. The van der Waals surface area contributed by atoms with E-state index in [0.717, 1.165) is 0 Å². The van der Waals surface area contributed by atoms with Gasteiger partial charge in [0.25, 0.3) is 10.1 Å². The Bertz CT molecular complexity index is 205. The average Bonchev–Trinajstić information content (AvgIpc) is 1.83. The van der Waals surface area contributed by atoms with Gasteiger partial charge in [-0.3, -0.25) is 4.55 Å². The summed E-state index contributed by atoms with van der Waals surface area (Å²) in [6.45, 7) is 5.06. The molecule has 0 aliphatic carbocycles. The van der Waals surface area contributed by atoms with Crippen LogP contribution in [0.1, 0.15) is 19.8 Å². The fraction of sp³-hybridized carbons (Fsp3) is 0.833. The summed E-state index contributed by atoms with van der Waals surface area (Å²) in [7, 11) is -3.97. The third kappa shape index (κ3) is 6.28. The zero-order chi connectivity index (χ0) is 9.12. The lowest BCUT2D eigenvalue weighted by Crippen LogP contribution is -2.26. The summed E-state index contributed by atoms with van der Waals surface area (Å²) in [5.74, 6) is -0.444. The third-order valence-corrected chi connectivity index (χ3v) is 2.20. The Labute approximate surface area is 67.0 Å². The molecule has 2 N–H and O–H groups in total. The fourth-order valence-corrected chi connectivity index (χ4v) is 1.13. The van der Waals surface area contributed by atoms with E-state index >= 15 is 0 Å². The van der Waals surface area contributed by atoms with Gasteiger partial charge in [-0.25, -0.2) is 0 Å². The topological polar surface area (TPSA) is 74.6 Å². The monoisotopic (exact) mass is 181 g/mol. The minimum Gasteiger partial charge on any atom is -0.390 e. The second-order valence-electron chi connectivity index (χ2n) is 2.61. The van der Waals surface area contributed by atoms with Crippen molar-refractivity contribution in [2.45, 2.75) is 25.4 Å². The molecule has 0 saturated carbocycles. The zero-order valence-corrected chi connectivity index (χ0v) is 7.26. The van der Waals surface area contributed by atoms with Crippen LogP contribution in [0.5, 0.6) is 0 Å². The van der Waals surface area contributed by atoms with E-state index in [-0.39, 0.29) is 6.42 Å². The predicted octanol–water partition coefficient (Wildman–Crippen LogP) is 0.239. The van der Waals surface area contributed by atoms with Crippen LogP contribution in [0.3, 0.4) is 0 Å². The van der Waals surface area contributed by atoms with Crippen molar-refractivity contribution in [3.63, 3.8) is 0 Å². The Kier molecular flexibility index (Phi) is 3.47. The Balaban J connectivity index is 3.90. The Hall–Kier alpha value is -0.130. The lowest BCUT2D eigenvalue weighted by molar-refractivity contribution is 0.0801. The van der Waals surface area contributed by atoms with Crippen molar-refractivity contribution in [3.05, 3.63) is 6.92 Å². The number of aliphatic hydroxyl groups is 1. The van der Waals surface area contributed by atoms with Crippen LogP contribution in [0.15, 0.2) is 0 Å². The van der Waals surface area contributed by atoms with Gasteiger partial charge in [0.05, 0.1) is 11.4 Å². The van der Waals surface area contributed by atoms with Gasteiger partial charge in [-0.05, 0) is 19.8 Å². The number of hydrogen-bond acceptors (Lipinski definition) is 3. The maximum atomic E-state index is 10.2. The maximum absolute atomic E-state index is 10.2. The van der Waals surface area contributed by atoms with Gasteiger partial charge in [0.15, 0.2) is 0 Å². The van der Waals surface area contributed by atoms with E-state index in [4.69, 9.17) is 4.55 Å². The highest BCUT2D eigenvalue weighted by Gasteiger charge is 2.20. The molecule has 0 amide bonds. The molecule has 0 aliphatic heterocycles. The van der Waals surface area contributed by atoms with Gasteiger partial charge in [-0.15, -0.1) is 0 Å². The molecule has 11 heavy (non-hydrogen) atoms. The van der Waals surface area contributed by atoms with E-state index in [1.54, 1.807) is 6.92 Å². The number of rotatable bonds is 4. The van der Waals surface area contributed by atoms with E-state index in [1.165, 1.54) is 0 Å². The van der Waals surface area contributed by atoms with Crippen molar-refractivity contribution in [3.8, 4) is 0 Å². The second kappa shape index (κ2) is 3.51. The first-order valence-corrected chi connectivity index (χ1v) is 4.91. The van der Waals surface area contributed by atoms with Crippen LogP contribution in [0.2, 0.25) is 0 Å². The summed E-state index contributed by atoms with van der Waals surface area (Å²) in [5, 5.41) is 9.20. The Morgan fingerprint density at radius 3 is 2.27 bits per heavy atom. The van der Waals surface area contributed by atoms with Crippen LogP contribution in [0.4, 0.5) is 0 Å². The van der Waals surface area contributed by atoms with Crippen LogP contribution in [-0.4, -0.2) is 29.4 Å². The molecule has 0 heterocycles. The Morgan fingerprint density at radius 1 is 1.55 bits per heavy atom. The highest BCUT2D eigenvalue weighted by Crippen LogP contribution is 2.13. The summed E-state index contributed by atoms with van der Waals surface area (Å²) >= 11 is 0. The van der Waals surface area contributed by atoms with Gasteiger partial charge in [-0.2, -0.15) is 8.42 Å². The molecular weight excluding hydrogens is 168 g/mol. The van der Waals surface area contributed by atoms with Gasteiger partial charge in [0.1, 0.15) is 0 Å². The van der Waals surface area contributed by atoms with Crippen LogP contribution in [-0.2, 0) is 10.1 Å². The summed E-state index contributed by atoms with van der Waals surface area (Å²) in [5.41, 5.74) is -1.24. The molecule has 0 aromatic heterocycles. The molecule has 67 valence electrons. The van der Waals surface area contributed by atoms with Crippen molar-refractivity contribution in [1.29, 1.82) is 0 Å². The second-order valence-corrected chi connectivity index (χ2v) is 4.19. The van der Waals surface area contributed by atoms with Crippen molar-refractivity contribution in [2.24, 2.45) is 0 Å². The van der Waals surface area contributed by atoms with Crippen molar-refractivity contribution >= 4 is 10.1 Å². The van der Waals surface area contributed by atoms with E-state index in [9.17, 15) is 13.5 Å². The number of hydrogen-bond donors (Lipinski definition) is 2. The molecule has 1 atom stereocenters. The predicted molar refractivity (Wildman–Crippen MR) is 41.6 cm³/mol. The normalized spacial score (nSPS) is 17.8. The van der Waals surface area contributed by atoms with Gasteiger partial charge in [-0.1, -0.05) is 6.92 Å². The molecular formula is C6H13O4S. The first-order valence-electron chi connectivity index (χ1n) is 3.30. The summed E-state index contributed by atoms with van der Waals surface area (Å²) < 4.78 is 28.7. The molecule has 0 aliphatic rings. The van der Waals surface area contributed by atoms with Crippen LogP contribution in [0, 0.1) is 6.92 Å². The van der Waals surface area contributed by atoms with E-state index in [2.05, 4.69) is 6.92 Å². The van der Waals surface area contributed by atoms with Gasteiger partial charge in [0, 0.05) is 0 Å². The first kappa shape index (κ1) is 10.9. The fourth-order valence-electron chi connectivity index (χ4n) is 0.496. The summed E-state index contributed by atoms with van der Waals surface area (Å²) in [6, 6.07) is 0. The zero-order valence-electron chi connectivity index (χ0n) is 6.45. The molecule has 0 aromatic carbocycles. The molecule has 0 bridgehead atoms. The van der Waals surface area contributed by atoms with Gasteiger partial charge in [0.2, 0.25) is 0 Å². The highest BCUT2D eigenvalue weighted by atomic mass is 32.2. The molecule has 1 unspecified atom stereocenters. The van der Waals surface area contributed by atoms with Crippen molar-refractivity contribution < 1.29 is 18.1 Å². The smallest absolute Gasteiger partial charge is 0.264 e. The van der Waals surface area contributed by atoms with Gasteiger partial charge < -0.3 is 5.11 Å². The molecule has 5 heteroatoms. The molecule has 0 aromatic rings. The standard InChI is InChI=1S/C6H13O4S/c1-3-6(2,7)4-5-11(8,9)10/h7H,2-5H2,1H3,(H,8,9,10). The first-order chi connectivity index (χ1) is 4.77. The van der Waals surface area contributed by atoms with Crippen molar-refractivity contribution in [2.75, 3.05) is 5.75 Å². The quantitative estimate of drug-likeness (QED) is 0.609. The summed E-state index contributed by atoms with van der Waals surface area (Å²) in [4.78, 5) is 0. The van der Waals surface area contributed by atoms with E-state index < -0.39 is 21.5 Å². The average molecular weight is 181 g/mol.